The van der Waals surface area contributed by atoms with Crippen molar-refractivity contribution in [2.75, 3.05) is 6.54 Å². The van der Waals surface area contributed by atoms with Crippen molar-refractivity contribution in [3.63, 3.8) is 0 Å². The van der Waals surface area contributed by atoms with Gasteiger partial charge in [0.25, 0.3) is 0 Å². The van der Waals surface area contributed by atoms with Crippen molar-refractivity contribution in [1.82, 2.24) is 9.88 Å². The maximum absolute atomic E-state index is 12.0. The highest BCUT2D eigenvalue weighted by Gasteiger charge is 2.29. The van der Waals surface area contributed by atoms with Crippen LogP contribution in [0.5, 0.6) is 0 Å². The van der Waals surface area contributed by atoms with Gasteiger partial charge in [-0.05, 0) is 26.2 Å². The number of hydrogen-bond acceptors (Lipinski definition) is 2. The van der Waals surface area contributed by atoms with Crippen LogP contribution in [0.15, 0.2) is 16.9 Å². The summed E-state index contributed by atoms with van der Waals surface area (Å²) in [6.45, 7) is 4.69. The van der Waals surface area contributed by atoms with Gasteiger partial charge in [-0.2, -0.15) is 0 Å². The van der Waals surface area contributed by atoms with Gasteiger partial charge in [0.15, 0.2) is 5.43 Å². The molecule has 1 aromatic heterocycles. The Labute approximate surface area is 107 Å². The van der Waals surface area contributed by atoms with E-state index >= 15 is 0 Å². The molecule has 98 valence electrons. The van der Waals surface area contributed by atoms with E-state index in [0.29, 0.717) is 6.42 Å². The van der Waals surface area contributed by atoms with E-state index in [4.69, 9.17) is 0 Å². The van der Waals surface area contributed by atoms with Crippen molar-refractivity contribution in [1.29, 1.82) is 0 Å². The smallest absolute Gasteiger partial charge is 0.223 e. The predicted molar refractivity (Wildman–Crippen MR) is 70.4 cm³/mol. The number of pyridine rings is 1. The fraction of sp³-hybridized carbons (Fsp3) is 0.571. The molecule has 4 heteroatoms. The van der Waals surface area contributed by atoms with Crippen molar-refractivity contribution in [2.45, 2.75) is 45.6 Å². The van der Waals surface area contributed by atoms with Gasteiger partial charge in [0.05, 0.1) is 6.04 Å². The third kappa shape index (κ3) is 2.63. The first-order valence-electron chi connectivity index (χ1n) is 6.62. The Hall–Kier alpha value is -1.58. The van der Waals surface area contributed by atoms with Crippen LogP contribution in [0, 0.1) is 6.92 Å². The molecule has 0 spiro atoms. The Balaban J connectivity index is 2.25. The summed E-state index contributed by atoms with van der Waals surface area (Å²) in [4.78, 5) is 28.7. The zero-order valence-corrected chi connectivity index (χ0v) is 11.0. The van der Waals surface area contributed by atoms with Crippen LogP contribution in [-0.2, 0) is 4.79 Å². The molecule has 0 bridgehead atoms. The largest absolute Gasteiger partial charge is 0.361 e. The topological polar surface area (TPSA) is 53.2 Å². The first-order chi connectivity index (χ1) is 8.61. The third-order valence-corrected chi connectivity index (χ3v) is 3.39. The molecule has 1 aliphatic heterocycles. The quantitative estimate of drug-likeness (QED) is 0.891. The number of nitrogens with one attached hydrogen (secondary N) is 1. The van der Waals surface area contributed by atoms with Gasteiger partial charge in [0.2, 0.25) is 5.91 Å². The number of rotatable bonds is 3. The molecule has 0 aliphatic carbocycles. The SMILES string of the molecule is CCCC(=O)N1CCCC1c1cc(=O)cc(C)[nH]1. The van der Waals surface area contributed by atoms with E-state index in [0.717, 1.165) is 37.2 Å². The zero-order chi connectivity index (χ0) is 13.1. The van der Waals surface area contributed by atoms with Crippen molar-refractivity contribution in [3.8, 4) is 0 Å². The van der Waals surface area contributed by atoms with E-state index in [1.54, 1.807) is 12.1 Å². The molecule has 1 aliphatic rings. The molecule has 18 heavy (non-hydrogen) atoms. The lowest BCUT2D eigenvalue weighted by Gasteiger charge is -2.25. The predicted octanol–water partition coefficient (Wildman–Crippen LogP) is 2.15. The molecule has 0 saturated carbocycles. The molecule has 2 rings (SSSR count). The average molecular weight is 248 g/mol. The zero-order valence-electron chi connectivity index (χ0n) is 11.0. The summed E-state index contributed by atoms with van der Waals surface area (Å²) in [5, 5.41) is 0. The van der Waals surface area contributed by atoms with E-state index in [9.17, 15) is 9.59 Å². The molecule has 2 heterocycles. The molecule has 0 aromatic carbocycles. The Morgan fingerprint density at radius 2 is 2.28 bits per heavy atom. The second-order valence-corrected chi connectivity index (χ2v) is 4.95. The second kappa shape index (κ2) is 5.38. The highest BCUT2D eigenvalue weighted by atomic mass is 16.2. The first-order valence-corrected chi connectivity index (χ1v) is 6.62. The molecule has 1 atom stereocenters. The van der Waals surface area contributed by atoms with Gasteiger partial charge >= 0.3 is 0 Å². The van der Waals surface area contributed by atoms with E-state index in [2.05, 4.69) is 4.98 Å². The molecule has 1 amide bonds. The van der Waals surface area contributed by atoms with E-state index in [1.165, 1.54) is 0 Å². The summed E-state index contributed by atoms with van der Waals surface area (Å²) in [5.41, 5.74) is 1.74. The monoisotopic (exact) mass is 248 g/mol. The van der Waals surface area contributed by atoms with Crippen LogP contribution in [0.2, 0.25) is 0 Å². The average Bonchev–Trinajstić information content (AvgIpc) is 2.76. The lowest BCUT2D eigenvalue weighted by atomic mass is 10.1. The number of aromatic amines is 1. The molecule has 4 nitrogen and oxygen atoms in total. The number of amides is 1. The minimum atomic E-state index is 0.0102. The molecular weight excluding hydrogens is 228 g/mol. The molecule has 1 aromatic rings. The Bertz CT molecular complexity index is 493. The van der Waals surface area contributed by atoms with Crippen LogP contribution in [0.1, 0.15) is 50.0 Å². The molecule has 1 saturated heterocycles. The summed E-state index contributed by atoms with van der Waals surface area (Å²) >= 11 is 0. The van der Waals surface area contributed by atoms with Gasteiger partial charge in [-0.3, -0.25) is 9.59 Å². The van der Waals surface area contributed by atoms with Crippen LogP contribution in [0.4, 0.5) is 0 Å². The van der Waals surface area contributed by atoms with Crippen molar-refractivity contribution in [3.05, 3.63) is 33.7 Å². The van der Waals surface area contributed by atoms with Gasteiger partial charge < -0.3 is 9.88 Å². The number of hydrogen-bond donors (Lipinski definition) is 1. The first kappa shape index (κ1) is 12.9. The highest BCUT2D eigenvalue weighted by Crippen LogP contribution is 2.30. The van der Waals surface area contributed by atoms with Crippen LogP contribution in [-0.4, -0.2) is 22.3 Å². The second-order valence-electron chi connectivity index (χ2n) is 4.95. The lowest BCUT2D eigenvalue weighted by molar-refractivity contribution is -0.132. The number of H-pyrrole nitrogens is 1. The van der Waals surface area contributed by atoms with Gasteiger partial charge in [-0.1, -0.05) is 6.92 Å². The number of aryl methyl sites for hydroxylation is 1. The molecule has 1 fully saturated rings. The molecule has 1 N–H and O–H groups in total. The molecule has 0 radical (unpaired) electrons. The standard InChI is InChI=1S/C14H20N2O2/c1-3-5-14(18)16-7-4-6-13(16)12-9-11(17)8-10(2)15-12/h8-9,13H,3-7H2,1-2H3,(H,15,17). The van der Waals surface area contributed by atoms with Crippen molar-refractivity contribution < 1.29 is 4.79 Å². The number of carbonyl (C=O) groups excluding carboxylic acids is 1. The van der Waals surface area contributed by atoms with Crippen LogP contribution < -0.4 is 5.43 Å². The maximum atomic E-state index is 12.0. The summed E-state index contributed by atoms with van der Waals surface area (Å²) in [6, 6.07) is 3.25. The van der Waals surface area contributed by atoms with E-state index in [-0.39, 0.29) is 17.4 Å². The number of likely N-dealkylation sites (tertiary alicyclic amines) is 1. The van der Waals surface area contributed by atoms with Gasteiger partial charge in [-0.15, -0.1) is 0 Å². The van der Waals surface area contributed by atoms with Gasteiger partial charge in [-0.25, -0.2) is 0 Å². The van der Waals surface area contributed by atoms with E-state index < -0.39 is 0 Å². The summed E-state index contributed by atoms with van der Waals surface area (Å²) < 4.78 is 0. The van der Waals surface area contributed by atoms with Crippen LogP contribution in [0.25, 0.3) is 0 Å². The normalized spacial score (nSPS) is 19.2. The van der Waals surface area contributed by atoms with Crippen LogP contribution >= 0.6 is 0 Å². The van der Waals surface area contributed by atoms with Gasteiger partial charge in [0, 0.05) is 36.5 Å². The van der Waals surface area contributed by atoms with Crippen LogP contribution in [0.3, 0.4) is 0 Å². The summed E-state index contributed by atoms with van der Waals surface area (Å²) in [5.74, 6) is 0.197. The Morgan fingerprint density at radius 1 is 1.50 bits per heavy atom. The Morgan fingerprint density at radius 3 is 2.94 bits per heavy atom. The van der Waals surface area contributed by atoms with Crippen molar-refractivity contribution in [2.24, 2.45) is 0 Å². The lowest BCUT2D eigenvalue weighted by Crippen LogP contribution is -2.31. The minimum absolute atomic E-state index is 0.0102. The number of carbonyl (C=O) groups is 1. The summed E-state index contributed by atoms with van der Waals surface area (Å²) in [7, 11) is 0. The fourth-order valence-corrected chi connectivity index (χ4v) is 2.63. The number of nitrogens with zero attached hydrogens (tertiary/aromatic N) is 1. The van der Waals surface area contributed by atoms with Crippen molar-refractivity contribution >= 4 is 5.91 Å². The minimum Gasteiger partial charge on any atom is -0.361 e. The fourth-order valence-electron chi connectivity index (χ4n) is 2.63. The van der Waals surface area contributed by atoms with Gasteiger partial charge in [0.1, 0.15) is 0 Å². The Kier molecular flexibility index (Phi) is 3.84. The number of aromatic nitrogens is 1. The molecular formula is C14H20N2O2. The third-order valence-electron chi connectivity index (χ3n) is 3.39. The summed E-state index contributed by atoms with van der Waals surface area (Å²) in [6.07, 6.45) is 3.41. The highest BCUT2D eigenvalue weighted by molar-refractivity contribution is 5.76. The molecule has 1 unspecified atom stereocenters. The van der Waals surface area contributed by atoms with E-state index in [1.807, 2.05) is 18.7 Å². The maximum Gasteiger partial charge on any atom is 0.223 e.